The van der Waals surface area contributed by atoms with E-state index in [-0.39, 0.29) is 38.3 Å². The van der Waals surface area contributed by atoms with Crippen molar-refractivity contribution in [3.63, 3.8) is 0 Å². The lowest BCUT2D eigenvalue weighted by atomic mass is 9.85. The summed E-state index contributed by atoms with van der Waals surface area (Å²) in [7, 11) is -3.89. The highest BCUT2D eigenvalue weighted by atomic mass is 32.2. The zero-order chi connectivity index (χ0) is 37.0. The van der Waals surface area contributed by atoms with Crippen molar-refractivity contribution in [3.05, 3.63) is 54.1 Å². The fraction of sp³-hybridized carbons (Fsp3) is 0.595. The second kappa shape index (κ2) is 15.6. The number of alkyl carbamates (subject to hydrolysis) is 1. The zero-order valence-corrected chi connectivity index (χ0v) is 30.6. The van der Waals surface area contributed by atoms with Gasteiger partial charge in [-0.1, -0.05) is 63.3 Å². The van der Waals surface area contributed by atoms with Crippen molar-refractivity contribution in [2.24, 2.45) is 11.3 Å². The Kier molecular flexibility index (Phi) is 11.6. The molecule has 5 rings (SSSR count). The van der Waals surface area contributed by atoms with Gasteiger partial charge >= 0.3 is 6.09 Å². The summed E-state index contributed by atoms with van der Waals surface area (Å²) in [6.07, 6.45) is 9.96. The van der Waals surface area contributed by atoms with Gasteiger partial charge in [0.1, 0.15) is 17.6 Å². The van der Waals surface area contributed by atoms with E-state index in [4.69, 9.17) is 4.74 Å². The molecule has 0 unspecified atom stereocenters. The molecule has 0 radical (unpaired) electrons. The van der Waals surface area contributed by atoms with Crippen LogP contribution in [0.2, 0.25) is 0 Å². The lowest BCUT2D eigenvalue weighted by molar-refractivity contribution is -0.142. The Balaban J connectivity index is 1.38. The molecule has 278 valence electrons. The largest absolute Gasteiger partial charge is 0.450 e. The van der Waals surface area contributed by atoms with Gasteiger partial charge in [0.25, 0.3) is 5.91 Å². The Labute approximate surface area is 300 Å². The summed E-state index contributed by atoms with van der Waals surface area (Å²) >= 11 is 0. The molecule has 4 N–H and O–H groups in total. The van der Waals surface area contributed by atoms with Gasteiger partial charge in [0.15, 0.2) is 0 Å². The molecule has 2 heterocycles. The third-order valence-electron chi connectivity index (χ3n) is 10.0. The third-order valence-corrected chi connectivity index (χ3v) is 11.8. The number of hydrogen-bond donors (Lipinski definition) is 4. The molecule has 4 bridgehead atoms. The summed E-state index contributed by atoms with van der Waals surface area (Å²) in [4.78, 5) is 69.3. The van der Waals surface area contributed by atoms with Gasteiger partial charge in [0.05, 0.1) is 11.9 Å². The lowest BCUT2D eigenvalue weighted by Crippen LogP contribution is -2.60. The molecule has 5 atom stereocenters. The van der Waals surface area contributed by atoms with Gasteiger partial charge in [-0.15, -0.1) is 6.58 Å². The first-order valence-corrected chi connectivity index (χ1v) is 19.5. The summed E-state index contributed by atoms with van der Waals surface area (Å²) in [5.74, 6) is -2.84. The fourth-order valence-electron chi connectivity index (χ4n) is 6.76. The van der Waals surface area contributed by atoms with Crippen molar-refractivity contribution in [2.75, 3.05) is 13.2 Å². The van der Waals surface area contributed by atoms with Crippen LogP contribution in [-0.2, 0) is 40.4 Å². The smallest absolute Gasteiger partial charge is 0.407 e. The first-order valence-electron chi connectivity index (χ1n) is 17.9. The number of aryl methyl sites for hydroxylation is 1. The molecule has 14 heteroatoms. The number of rotatable bonds is 6. The second-order valence-corrected chi connectivity index (χ2v) is 17.2. The quantitative estimate of drug-likeness (QED) is 0.323. The van der Waals surface area contributed by atoms with Crippen LogP contribution in [0.5, 0.6) is 0 Å². The Morgan fingerprint density at radius 2 is 1.84 bits per heavy atom. The van der Waals surface area contributed by atoms with E-state index in [1.165, 1.54) is 11.0 Å². The van der Waals surface area contributed by atoms with Gasteiger partial charge in [0.2, 0.25) is 27.7 Å². The number of carbonyl (C=O) groups excluding carboxylic acids is 5. The van der Waals surface area contributed by atoms with E-state index in [1.807, 2.05) is 24.3 Å². The zero-order valence-electron chi connectivity index (χ0n) is 29.7. The number of ether oxygens (including phenoxy) is 1. The van der Waals surface area contributed by atoms with Gasteiger partial charge in [-0.2, -0.15) is 0 Å². The summed E-state index contributed by atoms with van der Waals surface area (Å²) in [5.41, 5.74) is -0.305. The van der Waals surface area contributed by atoms with Gasteiger partial charge in [-0.25, -0.2) is 13.2 Å². The average Bonchev–Trinajstić information content (AvgIpc) is 4.00. The van der Waals surface area contributed by atoms with Crippen molar-refractivity contribution in [2.45, 2.75) is 114 Å². The number of allylic oxidation sites excluding steroid dienone is 1. The standard InChI is InChI=1S/C37H51N5O8S/c1-5-26-22-37(26,34(46)41-51(48,49)28-16-17-28)40-32(44)29-21-27-23-42(29)33(45)31(36(2,3)4)39-35(47)50-19-10-8-6-7-9-12-24-13-11-14-25(20-24)15-18-30(43)38-27/h5,9,11-14,20,26-29,31H,1,6-8,10,15-19,21-23H2,2-4H3,(H,38,43)(H,39,47)(H,40,44)(H,41,46)/b12-9-/t26-,27-,29+,31-,37-/m1/s1. The predicted molar refractivity (Wildman–Crippen MR) is 191 cm³/mol. The van der Waals surface area contributed by atoms with Gasteiger partial charge in [0, 0.05) is 24.9 Å². The topological polar surface area (TPSA) is 180 Å². The average molecular weight is 726 g/mol. The van der Waals surface area contributed by atoms with E-state index in [0.717, 1.165) is 30.4 Å². The van der Waals surface area contributed by atoms with Crippen molar-refractivity contribution >= 4 is 45.8 Å². The van der Waals surface area contributed by atoms with E-state index in [1.54, 1.807) is 20.8 Å². The van der Waals surface area contributed by atoms with Crippen LogP contribution in [-0.4, -0.2) is 85.1 Å². The minimum absolute atomic E-state index is 0.0214. The molecule has 1 aromatic carbocycles. The molecule has 13 nitrogen and oxygen atoms in total. The molecule has 3 fully saturated rings. The fourth-order valence-corrected chi connectivity index (χ4v) is 8.13. The lowest BCUT2D eigenvalue weighted by Gasteiger charge is -2.35. The normalized spacial score (nSPS) is 28.8. The number of amides is 5. The van der Waals surface area contributed by atoms with Gasteiger partial charge in [-0.3, -0.25) is 23.9 Å². The molecule has 0 spiro atoms. The maximum Gasteiger partial charge on any atom is 0.407 e. The Morgan fingerprint density at radius 1 is 1.08 bits per heavy atom. The number of benzene rings is 1. The van der Waals surface area contributed by atoms with Gasteiger partial charge in [-0.05, 0) is 74.3 Å². The summed E-state index contributed by atoms with van der Waals surface area (Å²) in [5, 5.41) is 7.81. The Morgan fingerprint density at radius 3 is 2.53 bits per heavy atom. The highest BCUT2D eigenvalue weighted by molar-refractivity contribution is 7.91. The molecular weight excluding hydrogens is 675 g/mol. The summed E-state index contributed by atoms with van der Waals surface area (Å²) < 4.78 is 32.8. The molecule has 5 amide bonds. The van der Waals surface area contributed by atoms with Gasteiger partial charge < -0.3 is 25.6 Å². The van der Waals surface area contributed by atoms with E-state index < -0.39 is 74.1 Å². The number of nitrogens with zero attached hydrogens (tertiary/aromatic N) is 1. The van der Waals surface area contributed by atoms with Crippen LogP contribution in [0.25, 0.3) is 6.08 Å². The summed E-state index contributed by atoms with van der Waals surface area (Å²) in [6, 6.07) is 5.14. The van der Waals surface area contributed by atoms with Crippen molar-refractivity contribution in [1.29, 1.82) is 0 Å². The first kappa shape index (κ1) is 38.0. The molecule has 2 saturated carbocycles. The van der Waals surface area contributed by atoms with Crippen LogP contribution in [0.3, 0.4) is 0 Å². The molecule has 0 aromatic heterocycles. The monoisotopic (exact) mass is 725 g/mol. The van der Waals surface area contributed by atoms with Crippen LogP contribution in [0, 0.1) is 11.3 Å². The third kappa shape index (κ3) is 9.57. The van der Waals surface area contributed by atoms with Crippen LogP contribution < -0.4 is 20.7 Å². The highest BCUT2D eigenvalue weighted by Crippen LogP contribution is 2.45. The highest BCUT2D eigenvalue weighted by Gasteiger charge is 2.62. The van der Waals surface area contributed by atoms with Crippen LogP contribution >= 0.6 is 0 Å². The molecule has 2 aliphatic carbocycles. The predicted octanol–water partition coefficient (Wildman–Crippen LogP) is 3.10. The number of fused-ring (bicyclic) bond motifs is 4. The van der Waals surface area contributed by atoms with Crippen LogP contribution in [0.4, 0.5) is 4.79 Å². The number of cyclic esters (lactones) is 1. The number of sulfonamides is 1. The molecule has 2 aliphatic heterocycles. The van der Waals surface area contributed by atoms with Crippen molar-refractivity contribution in [3.8, 4) is 0 Å². The molecular formula is C37H51N5O8S. The minimum Gasteiger partial charge on any atom is -0.450 e. The molecule has 4 aliphatic rings. The Hall–Kier alpha value is -4.20. The Bertz CT molecular complexity index is 1670. The maximum absolute atomic E-state index is 14.3. The first-order chi connectivity index (χ1) is 24.1. The number of hydrogen-bond acceptors (Lipinski definition) is 8. The molecule has 51 heavy (non-hydrogen) atoms. The van der Waals surface area contributed by atoms with E-state index in [0.29, 0.717) is 25.7 Å². The summed E-state index contributed by atoms with van der Waals surface area (Å²) in [6.45, 7) is 9.25. The number of nitrogens with one attached hydrogen (secondary N) is 4. The number of carbonyl (C=O) groups is 5. The SMILES string of the molecule is C=C[C@@H]1C[C@]1(NC(=O)[C@@H]1C[C@@H]2CN1C(=O)[C@H](C(C)(C)C)NC(=O)OCCCCC/C=C\c1cccc(c1)CCC(=O)N2)C(=O)NS(=O)(=O)C1CC1. The van der Waals surface area contributed by atoms with E-state index in [2.05, 4.69) is 39.4 Å². The minimum atomic E-state index is -3.89. The van der Waals surface area contributed by atoms with Crippen molar-refractivity contribution < 1.29 is 37.1 Å². The van der Waals surface area contributed by atoms with Crippen molar-refractivity contribution in [1.82, 2.24) is 25.6 Å². The van der Waals surface area contributed by atoms with Crippen LogP contribution in [0.1, 0.15) is 89.7 Å². The van der Waals surface area contributed by atoms with E-state index >= 15 is 0 Å². The van der Waals surface area contributed by atoms with E-state index in [9.17, 15) is 32.4 Å². The van der Waals surface area contributed by atoms with Crippen LogP contribution in [0.15, 0.2) is 43.0 Å². The molecule has 1 aromatic rings. The second-order valence-electron chi connectivity index (χ2n) is 15.3. The maximum atomic E-state index is 14.3. The molecule has 1 saturated heterocycles.